The number of fused-ring (bicyclic) bond motifs is 1. The van der Waals surface area contributed by atoms with Crippen molar-refractivity contribution in [2.45, 2.75) is 39.8 Å². The van der Waals surface area contributed by atoms with Crippen LogP contribution in [0, 0.1) is 23.2 Å². The van der Waals surface area contributed by atoms with Crippen LogP contribution in [0.5, 0.6) is 0 Å². The van der Waals surface area contributed by atoms with E-state index in [0.717, 1.165) is 54.9 Å². The molecule has 1 aliphatic rings. The molecule has 1 fully saturated rings. The lowest BCUT2D eigenvalue weighted by Crippen LogP contribution is -2.38. The number of aromatic nitrogens is 2. The summed E-state index contributed by atoms with van der Waals surface area (Å²) in [6.07, 6.45) is 1.85. The first-order valence-electron chi connectivity index (χ1n) is 8.21. The SMILES string of the molecule is CC1CC(C)CN(Cc2nc3ccccc3n2CCC#N)C1. The number of benzene rings is 1. The standard InChI is InChI=1S/C18H24N4/c1-14-10-15(2)12-21(11-14)13-18-20-16-6-3-4-7-17(16)22(18)9-5-8-19/h3-4,6-7,14-15H,5,9-13H2,1-2H3. The number of para-hydroxylation sites is 2. The van der Waals surface area contributed by atoms with E-state index in [1.54, 1.807) is 0 Å². The molecule has 4 nitrogen and oxygen atoms in total. The number of piperidine rings is 1. The van der Waals surface area contributed by atoms with Crippen molar-refractivity contribution in [1.29, 1.82) is 5.26 Å². The smallest absolute Gasteiger partial charge is 0.124 e. The maximum atomic E-state index is 8.92. The van der Waals surface area contributed by atoms with E-state index in [4.69, 9.17) is 10.2 Å². The van der Waals surface area contributed by atoms with E-state index < -0.39 is 0 Å². The molecule has 3 rings (SSSR count). The van der Waals surface area contributed by atoms with Crippen molar-refractivity contribution in [3.05, 3.63) is 30.1 Å². The van der Waals surface area contributed by atoms with Crippen LogP contribution in [0.3, 0.4) is 0 Å². The zero-order valence-corrected chi connectivity index (χ0v) is 13.5. The third kappa shape index (κ3) is 3.15. The summed E-state index contributed by atoms with van der Waals surface area (Å²) in [5, 5.41) is 8.92. The number of likely N-dealkylation sites (tertiary alicyclic amines) is 1. The maximum absolute atomic E-state index is 8.92. The van der Waals surface area contributed by atoms with Gasteiger partial charge in [0.05, 0.1) is 30.1 Å². The Bertz CT molecular complexity index is 672. The highest BCUT2D eigenvalue weighted by molar-refractivity contribution is 5.75. The Hall–Kier alpha value is -1.86. The molecule has 2 heterocycles. The highest BCUT2D eigenvalue weighted by Gasteiger charge is 2.23. The lowest BCUT2D eigenvalue weighted by molar-refractivity contribution is 0.130. The molecule has 22 heavy (non-hydrogen) atoms. The molecule has 0 aliphatic carbocycles. The van der Waals surface area contributed by atoms with Crippen molar-refractivity contribution in [2.24, 2.45) is 11.8 Å². The summed E-state index contributed by atoms with van der Waals surface area (Å²) in [7, 11) is 0. The molecule has 2 unspecified atom stereocenters. The molecule has 1 saturated heterocycles. The van der Waals surface area contributed by atoms with E-state index in [9.17, 15) is 0 Å². The highest BCUT2D eigenvalue weighted by atomic mass is 15.2. The quantitative estimate of drug-likeness (QED) is 0.868. The van der Waals surface area contributed by atoms with Crippen LogP contribution in [0.1, 0.15) is 32.5 Å². The molecular weight excluding hydrogens is 272 g/mol. The van der Waals surface area contributed by atoms with E-state index in [0.29, 0.717) is 6.42 Å². The number of imidazole rings is 1. The van der Waals surface area contributed by atoms with Gasteiger partial charge in [0, 0.05) is 19.6 Å². The van der Waals surface area contributed by atoms with Crippen LogP contribution < -0.4 is 0 Å². The van der Waals surface area contributed by atoms with Crippen LogP contribution in [-0.2, 0) is 13.1 Å². The first-order chi connectivity index (χ1) is 10.7. The minimum absolute atomic E-state index is 0.528. The van der Waals surface area contributed by atoms with Crippen molar-refractivity contribution in [1.82, 2.24) is 14.5 Å². The molecule has 0 amide bonds. The minimum Gasteiger partial charge on any atom is -0.326 e. The Balaban J connectivity index is 1.87. The van der Waals surface area contributed by atoms with Gasteiger partial charge in [0.15, 0.2) is 0 Å². The molecule has 116 valence electrons. The van der Waals surface area contributed by atoms with E-state index in [1.807, 2.05) is 12.1 Å². The monoisotopic (exact) mass is 296 g/mol. The zero-order valence-electron chi connectivity index (χ0n) is 13.5. The fourth-order valence-electron chi connectivity index (χ4n) is 3.78. The van der Waals surface area contributed by atoms with Gasteiger partial charge in [-0.3, -0.25) is 4.90 Å². The number of nitriles is 1. The third-order valence-corrected chi connectivity index (χ3v) is 4.49. The Kier molecular flexibility index (Phi) is 4.44. The van der Waals surface area contributed by atoms with Crippen LogP contribution in [-0.4, -0.2) is 27.5 Å². The lowest BCUT2D eigenvalue weighted by atomic mass is 9.92. The topological polar surface area (TPSA) is 44.9 Å². The molecule has 0 radical (unpaired) electrons. The maximum Gasteiger partial charge on any atom is 0.124 e. The number of aryl methyl sites for hydroxylation is 1. The summed E-state index contributed by atoms with van der Waals surface area (Å²) in [6.45, 7) is 8.57. The van der Waals surface area contributed by atoms with Crippen molar-refractivity contribution < 1.29 is 0 Å². The summed E-state index contributed by atoms with van der Waals surface area (Å²) in [5.41, 5.74) is 2.18. The second kappa shape index (κ2) is 6.50. The van der Waals surface area contributed by atoms with Gasteiger partial charge in [0.25, 0.3) is 0 Å². The van der Waals surface area contributed by atoms with Crippen LogP contribution in [0.4, 0.5) is 0 Å². The van der Waals surface area contributed by atoms with Crippen molar-refractivity contribution in [3.8, 4) is 6.07 Å². The first-order valence-corrected chi connectivity index (χ1v) is 8.21. The first kappa shape index (κ1) is 15.1. The molecule has 0 N–H and O–H groups in total. The largest absolute Gasteiger partial charge is 0.326 e. The molecule has 1 aliphatic heterocycles. The van der Waals surface area contributed by atoms with Gasteiger partial charge in [-0.15, -0.1) is 0 Å². The molecule has 0 saturated carbocycles. The lowest BCUT2D eigenvalue weighted by Gasteiger charge is -2.34. The average Bonchev–Trinajstić information content (AvgIpc) is 2.81. The Morgan fingerprint density at radius 1 is 1.23 bits per heavy atom. The molecular formula is C18H24N4. The summed E-state index contributed by atoms with van der Waals surface area (Å²) in [6, 6.07) is 10.5. The molecule has 0 bridgehead atoms. The Labute approximate surface area is 132 Å². The summed E-state index contributed by atoms with van der Waals surface area (Å²) in [4.78, 5) is 7.34. The summed E-state index contributed by atoms with van der Waals surface area (Å²) in [5.74, 6) is 2.60. The number of nitrogens with zero attached hydrogens (tertiary/aromatic N) is 4. The highest BCUT2D eigenvalue weighted by Crippen LogP contribution is 2.24. The van der Waals surface area contributed by atoms with E-state index in [1.165, 1.54) is 6.42 Å². The molecule has 1 aromatic carbocycles. The molecule has 2 aromatic rings. The van der Waals surface area contributed by atoms with Crippen LogP contribution in [0.2, 0.25) is 0 Å². The Morgan fingerprint density at radius 3 is 2.68 bits per heavy atom. The van der Waals surface area contributed by atoms with Crippen molar-refractivity contribution >= 4 is 11.0 Å². The molecule has 1 aromatic heterocycles. The molecule has 4 heteroatoms. The van der Waals surface area contributed by atoms with E-state index in [-0.39, 0.29) is 0 Å². The average molecular weight is 296 g/mol. The van der Waals surface area contributed by atoms with Crippen LogP contribution in [0.15, 0.2) is 24.3 Å². The number of hydrogen-bond acceptors (Lipinski definition) is 3. The molecule has 0 spiro atoms. The van der Waals surface area contributed by atoms with Gasteiger partial charge in [-0.05, 0) is 30.4 Å². The van der Waals surface area contributed by atoms with Crippen molar-refractivity contribution in [3.63, 3.8) is 0 Å². The summed E-state index contributed by atoms with van der Waals surface area (Å²) < 4.78 is 2.22. The van der Waals surface area contributed by atoms with Gasteiger partial charge in [0.1, 0.15) is 5.82 Å². The normalized spacial score (nSPS) is 22.8. The second-order valence-electron chi connectivity index (χ2n) is 6.72. The van der Waals surface area contributed by atoms with Crippen LogP contribution in [0.25, 0.3) is 11.0 Å². The predicted octanol–water partition coefficient (Wildman–Crippen LogP) is 3.43. The van der Waals surface area contributed by atoms with Crippen molar-refractivity contribution in [2.75, 3.05) is 13.1 Å². The third-order valence-electron chi connectivity index (χ3n) is 4.49. The zero-order chi connectivity index (χ0) is 15.5. The second-order valence-corrected chi connectivity index (χ2v) is 6.72. The number of hydrogen-bond donors (Lipinski definition) is 0. The van der Waals surface area contributed by atoms with Gasteiger partial charge >= 0.3 is 0 Å². The van der Waals surface area contributed by atoms with Gasteiger partial charge in [0.2, 0.25) is 0 Å². The van der Waals surface area contributed by atoms with Gasteiger partial charge in [-0.25, -0.2) is 4.98 Å². The summed E-state index contributed by atoms with van der Waals surface area (Å²) >= 11 is 0. The minimum atomic E-state index is 0.528. The van der Waals surface area contributed by atoms with Gasteiger partial charge in [-0.1, -0.05) is 26.0 Å². The van der Waals surface area contributed by atoms with E-state index in [2.05, 4.69) is 41.5 Å². The molecule has 2 atom stereocenters. The van der Waals surface area contributed by atoms with E-state index >= 15 is 0 Å². The van der Waals surface area contributed by atoms with Gasteiger partial charge in [-0.2, -0.15) is 5.26 Å². The van der Waals surface area contributed by atoms with Crippen LogP contribution >= 0.6 is 0 Å². The van der Waals surface area contributed by atoms with Gasteiger partial charge < -0.3 is 4.57 Å². The fourth-order valence-corrected chi connectivity index (χ4v) is 3.78. The fraction of sp³-hybridized carbons (Fsp3) is 0.556. The predicted molar refractivity (Wildman–Crippen MR) is 88.2 cm³/mol. The number of rotatable bonds is 4. The Morgan fingerprint density at radius 2 is 1.95 bits per heavy atom.